The fraction of sp³-hybridized carbons (Fsp3) is 0.273. The monoisotopic (exact) mass is 430 g/mol. The zero-order valence-electron chi connectivity index (χ0n) is 16.4. The number of nitrogens with zero attached hydrogens (tertiary/aromatic N) is 2. The lowest BCUT2D eigenvalue weighted by molar-refractivity contribution is 0.102. The van der Waals surface area contributed by atoms with Crippen molar-refractivity contribution in [3.8, 4) is 5.69 Å². The molecule has 1 aliphatic rings. The van der Waals surface area contributed by atoms with Crippen molar-refractivity contribution in [3.05, 3.63) is 76.1 Å². The van der Waals surface area contributed by atoms with Gasteiger partial charge in [0, 0.05) is 22.7 Å². The van der Waals surface area contributed by atoms with Crippen LogP contribution in [0.25, 0.3) is 5.69 Å². The lowest BCUT2D eigenvalue weighted by Gasteiger charge is -2.25. The average Bonchev–Trinajstić information content (AvgIpc) is 3.16. The highest BCUT2D eigenvalue weighted by Crippen LogP contribution is 2.32. The third kappa shape index (κ3) is 4.08. The van der Waals surface area contributed by atoms with Gasteiger partial charge in [0.25, 0.3) is 5.91 Å². The number of halogens is 3. The summed E-state index contributed by atoms with van der Waals surface area (Å²) in [5.41, 5.74) is 2.57. The molecule has 3 aromatic rings. The first kappa shape index (κ1) is 20.5. The van der Waals surface area contributed by atoms with Crippen LogP contribution in [0, 0.1) is 18.6 Å². The summed E-state index contributed by atoms with van der Waals surface area (Å²) in [4.78, 5) is 13.1. The molecular formula is C22H21ClF2N4O. The molecule has 0 bridgehead atoms. The van der Waals surface area contributed by atoms with Gasteiger partial charge in [-0.3, -0.25) is 4.79 Å². The van der Waals surface area contributed by atoms with Gasteiger partial charge in [-0.05, 0) is 62.7 Å². The summed E-state index contributed by atoms with van der Waals surface area (Å²) in [6.45, 7) is 3.45. The molecule has 0 saturated carbocycles. The standard InChI is InChI=1S/C22H21ClF2N4O/c1-13-2-3-15(23)10-19(13)28-22(30)17-12-27-29(20-5-4-16(24)11-18(20)25)21(17)14-6-8-26-9-7-14/h2-5,10-12,14,26H,6-9H2,1H3,(H,28,30). The smallest absolute Gasteiger partial charge is 0.259 e. The van der Waals surface area contributed by atoms with Gasteiger partial charge in [-0.1, -0.05) is 17.7 Å². The minimum Gasteiger partial charge on any atom is -0.322 e. The van der Waals surface area contributed by atoms with Crippen LogP contribution in [0.15, 0.2) is 42.6 Å². The molecule has 5 nitrogen and oxygen atoms in total. The Kier molecular flexibility index (Phi) is 5.83. The summed E-state index contributed by atoms with van der Waals surface area (Å²) in [5.74, 6) is -1.73. The van der Waals surface area contributed by atoms with Crippen molar-refractivity contribution >= 4 is 23.2 Å². The number of carbonyl (C=O) groups is 1. The van der Waals surface area contributed by atoms with E-state index in [0.717, 1.165) is 37.6 Å². The molecule has 0 atom stereocenters. The van der Waals surface area contributed by atoms with E-state index in [9.17, 15) is 13.6 Å². The normalized spacial score (nSPS) is 14.7. The highest BCUT2D eigenvalue weighted by Gasteiger charge is 2.28. The number of carbonyl (C=O) groups excluding carboxylic acids is 1. The van der Waals surface area contributed by atoms with Gasteiger partial charge in [-0.15, -0.1) is 0 Å². The fourth-order valence-electron chi connectivity index (χ4n) is 3.78. The van der Waals surface area contributed by atoms with E-state index in [4.69, 9.17) is 11.6 Å². The Hall–Kier alpha value is -2.77. The van der Waals surface area contributed by atoms with E-state index < -0.39 is 11.6 Å². The van der Waals surface area contributed by atoms with Crippen LogP contribution >= 0.6 is 11.6 Å². The molecule has 8 heteroatoms. The van der Waals surface area contributed by atoms with Crippen molar-refractivity contribution in [1.82, 2.24) is 15.1 Å². The first-order chi connectivity index (χ1) is 14.4. The summed E-state index contributed by atoms with van der Waals surface area (Å²) in [7, 11) is 0. The Morgan fingerprint density at radius 2 is 1.97 bits per heavy atom. The third-order valence-corrected chi connectivity index (χ3v) is 5.60. The Morgan fingerprint density at radius 3 is 2.70 bits per heavy atom. The molecule has 1 aliphatic heterocycles. The number of nitrogens with one attached hydrogen (secondary N) is 2. The average molecular weight is 431 g/mol. The second-order valence-corrected chi connectivity index (χ2v) is 7.83. The number of piperidine rings is 1. The first-order valence-electron chi connectivity index (χ1n) is 9.75. The van der Waals surface area contributed by atoms with Gasteiger partial charge >= 0.3 is 0 Å². The van der Waals surface area contributed by atoms with Crippen LogP contribution in [0.4, 0.5) is 14.5 Å². The van der Waals surface area contributed by atoms with Crippen molar-refractivity contribution in [2.45, 2.75) is 25.7 Å². The number of anilines is 1. The van der Waals surface area contributed by atoms with Crippen molar-refractivity contribution in [2.75, 3.05) is 18.4 Å². The lowest BCUT2D eigenvalue weighted by atomic mass is 9.91. The van der Waals surface area contributed by atoms with Crippen LogP contribution in [0.2, 0.25) is 5.02 Å². The summed E-state index contributed by atoms with van der Waals surface area (Å²) < 4.78 is 29.3. The second-order valence-electron chi connectivity index (χ2n) is 7.39. The largest absolute Gasteiger partial charge is 0.322 e. The lowest BCUT2D eigenvalue weighted by Crippen LogP contribution is -2.29. The number of aromatic nitrogens is 2. The van der Waals surface area contributed by atoms with Gasteiger partial charge in [0.15, 0.2) is 5.82 Å². The van der Waals surface area contributed by atoms with E-state index in [-0.39, 0.29) is 17.5 Å². The molecule has 1 fully saturated rings. The van der Waals surface area contributed by atoms with Gasteiger partial charge in [0.1, 0.15) is 11.5 Å². The highest BCUT2D eigenvalue weighted by molar-refractivity contribution is 6.31. The molecule has 1 saturated heterocycles. The molecule has 0 spiro atoms. The Bertz CT molecular complexity index is 1090. The van der Waals surface area contributed by atoms with Gasteiger partial charge in [-0.2, -0.15) is 5.10 Å². The molecule has 2 aromatic carbocycles. The quantitative estimate of drug-likeness (QED) is 0.623. The minimum atomic E-state index is -0.731. The van der Waals surface area contributed by atoms with Crippen LogP contribution < -0.4 is 10.6 Å². The summed E-state index contributed by atoms with van der Waals surface area (Å²) in [6, 6.07) is 8.60. The van der Waals surface area contributed by atoms with E-state index in [1.807, 2.05) is 13.0 Å². The maximum atomic E-state index is 14.5. The Morgan fingerprint density at radius 1 is 1.20 bits per heavy atom. The molecule has 4 rings (SSSR count). The molecular weight excluding hydrogens is 410 g/mol. The number of aryl methyl sites for hydroxylation is 1. The summed E-state index contributed by atoms with van der Waals surface area (Å²) >= 11 is 6.07. The topological polar surface area (TPSA) is 59.0 Å². The summed E-state index contributed by atoms with van der Waals surface area (Å²) in [5, 5.41) is 11.0. The van der Waals surface area contributed by atoms with E-state index in [1.165, 1.54) is 23.0 Å². The van der Waals surface area contributed by atoms with Crippen LogP contribution in [0.1, 0.15) is 40.4 Å². The molecule has 1 amide bonds. The second kappa shape index (κ2) is 8.53. The van der Waals surface area contributed by atoms with E-state index >= 15 is 0 Å². The SMILES string of the molecule is Cc1ccc(Cl)cc1NC(=O)c1cnn(-c2ccc(F)cc2F)c1C1CCNCC1. The predicted octanol–water partition coefficient (Wildman–Crippen LogP) is 4.83. The fourth-order valence-corrected chi connectivity index (χ4v) is 3.96. The Labute approximate surface area is 178 Å². The van der Waals surface area contributed by atoms with E-state index in [2.05, 4.69) is 15.7 Å². The zero-order valence-corrected chi connectivity index (χ0v) is 17.1. The van der Waals surface area contributed by atoms with E-state index in [0.29, 0.717) is 22.0 Å². The minimum absolute atomic E-state index is 0.0133. The van der Waals surface area contributed by atoms with Gasteiger partial charge in [0.2, 0.25) is 0 Å². The number of amides is 1. The van der Waals surface area contributed by atoms with Crippen LogP contribution in [0.3, 0.4) is 0 Å². The summed E-state index contributed by atoms with van der Waals surface area (Å²) in [6.07, 6.45) is 3.01. The predicted molar refractivity (Wildman–Crippen MR) is 112 cm³/mol. The zero-order chi connectivity index (χ0) is 21.3. The van der Waals surface area contributed by atoms with Gasteiger partial charge in [-0.25, -0.2) is 13.5 Å². The molecule has 0 aliphatic carbocycles. The van der Waals surface area contributed by atoms with Crippen LogP contribution in [-0.2, 0) is 0 Å². The number of rotatable bonds is 4. The van der Waals surface area contributed by atoms with E-state index in [1.54, 1.807) is 12.1 Å². The van der Waals surface area contributed by atoms with Crippen molar-refractivity contribution in [3.63, 3.8) is 0 Å². The molecule has 2 N–H and O–H groups in total. The van der Waals surface area contributed by atoms with Gasteiger partial charge < -0.3 is 10.6 Å². The van der Waals surface area contributed by atoms with Crippen LogP contribution in [-0.4, -0.2) is 28.8 Å². The van der Waals surface area contributed by atoms with Crippen LogP contribution in [0.5, 0.6) is 0 Å². The van der Waals surface area contributed by atoms with Crippen molar-refractivity contribution in [2.24, 2.45) is 0 Å². The maximum Gasteiger partial charge on any atom is 0.259 e. The molecule has 0 unspecified atom stereocenters. The molecule has 1 aromatic heterocycles. The van der Waals surface area contributed by atoms with Crippen molar-refractivity contribution in [1.29, 1.82) is 0 Å². The number of benzene rings is 2. The molecule has 156 valence electrons. The van der Waals surface area contributed by atoms with Crippen molar-refractivity contribution < 1.29 is 13.6 Å². The molecule has 2 heterocycles. The number of hydrogen-bond acceptors (Lipinski definition) is 3. The van der Waals surface area contributed by atoms with Gasteiger partial charge in [0.05, 0.1) is 17.5 Å². The third-order valence-electron chi connectivity index (χ3n) is 5.36. The first-order valence-corrected chi connectivity index (χ1v) is 10.1. The maximum absolute atomic E-state index is 14.5. The number of hydrogen-bond donors (Lipinski definition) is 2. The highest BCUT2D eigenvalue weighted by atomic mass is 35.5. The molecule has 0 radical (unpaired) electrons. The molecule has 30 heavy (non-hydrogen) atoms. The Balaban J connectivity index is 1.76.